The quantitative estimate of drug-likeness (QED) is 0.202. The zero-order valence-corrected chi connectivity index (χ0v) is 15.7. The van der Waals surface area contributed by atoms with Crippen molar-refractivity contribution in [2.24, 2.45) is 0 Å². The van der Waals surface area contributed by atoms with E-state index in [0.29, 0.717) is 21.5 Å². The molecule has 31 heavy (non-hydrogen) atoms. The van der Waals surface area contributed by atoms with Gasteiger partial charge in [0.1, 0.15) is 0 Å². The van der Waals surface area contributed by atoms with Crippen LogP contribution in [0.25, 0.3) is 21.5 Å². The number of fused-ring (bicyclic) bond motifs is 2. The number of nitrogens with zero attached hydrogens (tertiary/aromatic N) is 2. The Morgan fingerprint density at radius 3 is 1.42 bits per heavy atom. The summed E-state index contributed by atoms with van der Waals surface area (Å²) >= 11 is 0. The third-order valence-corrected chi connectivity index (χ3v) is 4.74. The number of benzene rings is 4. The van der Waals surface area contributed by atoms with Crippen LogP contribution < -0.4 is 0 Å². The van der Waals surface area contributed by atoms with Crippen molar-refractivity contribution in [1.82, 2.24) is 0 Å². The van der Waals surface area contributed by atoms with E-state index in [9.17, 15) is 29.8 Å². The van der Waals surface area contributed by atoms with Gasteiger partial charge in [-0.25, -0.2) is 9.59 Å². The largest absolute Gasteiger partial charge is 0.386 e. The van der Waals surface area contributed by atoms with Gasteiger partial charge in [-0.05, 0) is 21.5 Å². The van der Waals surface area contributed by atoms with Gasteiger partial charge >= 0.3 is 11.9 Å². The Hall–Kier alpha value is -4.66. The van der Waals surface area contributed by atoms with E-state index in [-0.39, 0.29) is 22.5 Å². The Bertz CT molecular complexity index is 1300. The average Bonchev–Trinajstić information content (AvgIpc) is 2.77. The van der Waals surface area contributed by atoms with Crippen molar-refractivity contribution in [3.05, 3.63) is 104 Å². The highest BCUT2D eigenvalue weighted by Gasteiger charge is 2.24. The summed E-state index contributed by atoms with van der Waals surface area (Å²) in [6.07, 6.45) is 0. The number of carbonyl (C=O) groups is 2. The molecule has 0 amide bonds. The Balaban J connectivity index is 1.78. The Morgan fingerprint density at radius 1 is 0.645 bits per heavy atom. The summed E-state index contributed by atoms with van der Waals surface area (Å²) in [5.74, 6) is -2.19. The summed E-state index contributed by atoms with van der Waals surface area (Å²) in [5.41, 5.74) is -0.987. The molecule has 0 aliphatic heterocycles. The van der Waals surface area contributed by atoms with Crippen LogP contribution >= 0.6 is 0 Å². The second-order valence-corrected chi connectivity index (χ2v) is 6.62. The van der Waals surface area contributed by atoms with Crippen molar-refractivity contribution in [3.8, 4) is 0 Å². The number of carbonyl (C=O) groups excluding carboxylic acids is 2. The smallest absolute Gasteiger partial charge is 0.346 e. The van der Waals surface area contributed by atoms with Gasteiger partial charge < -0.3 is 4.74 Å². The first-order valence-corrected chi connectivity index (χ1v) is 8.96. The maximum atomic E-state index is 12.8. The van der Waals surface area contributed by atoms with Crippen LogP contribution in [0.3, 0.4) is 0 Å². The molecular formula is C22H12N2O7. The van der Waals surface area contributed by atoms with Crippen LogP contribution in [-0.4, -0.2) is 21.8 Å². The van der Waals surface area contributed by atoms with Gasteiger partial charge in [-0.3, -0.25) is 20.2 Å². The molecule has 4 aromatic carbocycles. The van der Waals surface area contributed by atoms with E-state index in [1.165, 1.54) is 12.1 Å². The molecule has 0 bridgehead atoms. The molecule has 0 fully saturated rings. The Labute approximate surface area is 173 Å². The predicted molar refractivity (Wildman–Crippen MR) is 111 cm³/mol. The minimum atomic E-state index is -1.10. The second kappa shape index (κ2) is 7.64. The number of non-ortho nitro benzene ring substituents is 2. The van der Waals surface area contributed by atoms with E-state index < -0.39 is 21.8 Å². The summed E-state index contributed by atoms with van der Waals surface area (Å²) < 4.78 is 4.99. The molecule has 0 aliphatic rings. The summed E-state index contributed by atoms with van der Waals surface area (Å²) in [5, 5.41) is 24.1. The molecule has 9 heteroatoms. The normalized spacial score (nSPS) is 10.7. The topological polar surface area (TPSA) is 130 Å². The lowest BCUT2D eigenvalue weighted by molar-refractivity contribution is -0.384. The van der Waals surface area contributed by atoms with Crippen LogP contribution in [-0.2, 0) is 4.74 Å². The molecule has 0 N–H and O–H groups in total. The average molecular weight is 416 g/mol. The number of hydrogen-bond acceptors (Lipinski definition) is 7. The van der Waals surface area contributed by atoms with Gasteiger partial charge in [0.05, 0.1) is 21.0 Å². The van der Waals surface area contributed by atoms with Gasteiger partial charge in [-0.1, -0.05) is 48.5 Å². The molecule has 0 spiro atoms. The van der Waals surface area contributed by atoms with Crippen LogP contribution in [0, 0.1) is 20.2 Å². The lowest BCUT2D eigenvalue weighted by Gasteiger charge is -2.09. The second-order valence-electron chi connectivity index (χ2n) is 6.62. The summed E-state index contributed by atoms with van der Waals surface area (Å²) in [7, 11) is 0. The van der Waals surface area contributed by atoms with E-state index in [1.807, 2.05) is 0 Å². The summed E-state index contributed by atoms with van der Waals surface area (Å²) in [4.78, 5) is 46.7. The first-order valence-electron chi connectivity index (χ1n) is 8.96. The number of rotatable bonds is 4. The number of ether oxygens (including phenoxy) is 1. The lowest BCUT2D eigenvalue weighted by atomic mass is 10.0. The van der Waals surface area contributed by atoms with Crippen molar-refractivity contribution in [2.45, 2.75) is 0 Å². The molecule has 0 radical (unpaired) electrons. The van der Waals surface area contributed by atoms with Gasteiger partial charge in [0.2, 0.25) is 0 Å². The molecule has 4 rings (SSSR count). The van der Waals surface area contributed by atoms with Gasteiger partial charge in [0.15, 0.2) is 0 Å². The van der Waals surface area contributed by atoms with E-state index >= 15 is 0 Å². The van der Waals surface area contributed by atoms with E-state index in [4.69, 9.17) is 4.74 Å². The van der Waals surface area contributed by atoms with Gasteiger partial charge in [-0.15, -0.1) is 0 Å². The number of nitro groups is 2. The van der Waals surface area contributed by atoms with E-state index in [0.717, 1.165) is 12.1 Å². The Kier molecular flexibility index (Phi) is 4.84. The highest BCUT2D eigenvalue weighted by atomic mass is 16.6. The van der Waals surface area contributed by atoms with E-state index in [1.54, 1.807) is 48.5 Å². The van der Waals surface area contributed by atoms with Crippen molar-refractivity contribution >= 4 is 44.9 Å². The SMILES string of the molecule is O=C(OC(=O)c1cc([N+](=O)[O-])cc2ccccc12)c1cc([N+](=O)[O-])cc2ccccc12. The van der Waals surface area contributed by atoms with Crippen molar-refractivity contribution in [3.63, 3.8) is 0 Å². The molecule has 0 saturated heterocycles. The number of nitro benzene ring substituents is 2. The van der Waals surface area contributed by atoms with Crippen LogP contribution in [0.4, 0.5) is 11.4 Å². The fraction of sp³-hybridized carbons (Fsp3) is 0. The van der Waals surface area contributed by atoms with Gasteiger partial charge in [0, 0.05) is 24.3 Å². The van der Waals surface area contributed by atoms with Crippen molar-refractivity contribution < 1.29 is 24.2 Å². The van der Waals surface area contributed by atoms with Crippen LogP contribution in [0.2, 0.25) is 0 Å². The van der Waals surface area contributed by atoms with Crippen LogP contribution in [0.15, 0.2) is 72.8 Å². The monoisotopic (exact) mass is 416 g/mol. The molecule has 0 saturated carbocycles. The fourth-order valence-corrected chi connectivity index (χ4v) is 3.33. The molecule has 4 aromatic rings. The predicted octanol–water partition coefficient (Wildman–Crippen LogP) is 4.81. The van der Waals surface area contributed by atoms with Crippen molar-refractivity contribution in [2.75, 3.05) is 0 Å². The minimum absolute atomic E-state index is 0.159. The zero-order valence-electron chi connectivity index (χ0n) is 15.7. The Morgan fingerprint density at radius 2 is 1.03 bits per heavy atom. The number of hydrogen-bond donors (Lipinski definition) is 0. The number of esters is 2. The van der Waals surface area contributed by atoms with Crippen LogP contribution in [0.5, 0.6) is 0 Å². The summed E-state index contributed by atoms with van der Waals surface area (Å²) in [6, 6.07) is 17.6. The molecular weight excluding hydrogens is 404 g/mol. The lowest BCUT2D eigenvalue weighted by Crippen LogP contribution is -2.14. The van der Waals surface area contributed by atoms with Gasteiger partial charge in [-0.2, -0.15) is 0 Å². The molecule has 0 aromatic heterocycles. The molecule has 9 nitrogen and oxygen atoms in total. The molecule has 0 atom stereocenters. The van der Waals surface area contributed by atoms with Crippen LogP contribution in [0.1, 0.15) is 20.7 Å². The van der Waals surface area contributed by atoms with Crippen molar-refractivity contribution in [1.29, 1.82) is 0 Å². The molecule has 0 heterocycles. The fourth-order valence-electron chi connectivity index (χ4n) is 3.33. The van der Waals surface area contributed by atoms with Gasteiger partial charge in [0.25, 0.3) is 11.4 Å². The summed E-state index contributed by atoms with van der Waals surface area (Å²) in [6.45, 7) is 0. The standard InChI is InChI=1S/C22H12N2O7/c25-21(19-11-15(23(27)28)9-13-5-1-3-7-17(13)19)31-22(26)20-12-16(24(29)30)10-14-6-2-4-8-18(14)20/h1-12H. The highest BCUT2D eigenvalue weighted by Crippen LogP contribution is 2.28. The van der Waals surface area contributed by atoms with E-state index in [2.05, 4.69) is 0 Å². The maximum absolute atomic E-state index is 12.8. The molecule has 0 unspecified atom stereocenters. The molecule has 0 aliphatic carbocycles. The molecule has 152 valence electrons. The first-order chi connectivity index (χ1) is 14.8. The maximum Gasteiger partial charge on any atom is 0.346 e. The highest BCUT2D eigenvalue weighted by molar-refractivity contribution is 6.13. The minimum Gasteiger partial charge on any atom is -0.386 e. The third kappa shape index (κ3) is 3.67. The zero-order chi connectivity index (χ0) is 22.1. The first kappa shape index (κ1) is 19.6. The third-order valence-electron chi connectivity index (χ3n) is 4.74.